The summed E-state index contributed by atoms with van der Waals surface area (Å²) in [6, 6.07) is 8.04. The van der Waals surface area contributed by atoms with Crippen LogP contribution in [0.5, 0.6) is 0 Å². The first-order chi connectivity index (χ1) is 8.58. The fourth-order valence-electron chi connectivity index (χ4n) is 1.96. The highest BCUT2D eigenvalue weighted by Gasteiger charge is 2.10. The van der Waals surface area contributed by atoms with E-state index in [4.69, 9.17) is 5.11 Å². The van der Waals surface area contributed by atoms with E-state index in [0.29, 0.717) is 6.42 Å². The molecule has 0 saturated heterocycles. The maximum absolute atomic E-state index is 10.6. The summed E-state index contributed by atoms with van der Waals surface area (Å²) in [5.41, 5.74) is 3.07. The van der Waals surface area contributed by atoms with Crippen molar-refractivity contribution in [1.82, 2.24) is 9.55 Å². The summed E-state index contributed by atoms with van der Waals surface area (Å²) < 4.78 is 1.94. The summed E-state index contributed by atoms with van der Waals surface area (Å²) in [5.74, 6) is 0.0894. The second-order valence-corrected chi connectivity index (χ2v) is 4.38. The molecule has 0 fully saturated rings. The van der Waals surface area contributed by atoms with Crippen molar-refractivity contribution in [1.29, 1.82) is 0 Å². The molecule has 94 valence electrons. The molecule has 2 aromatic rings. The van der Waals surface area contributed by atoms with E-state index in [2.05, 4.69) is 4.98 Å². The summed E-state index contributed by atoms with van der Waals surface area (Å²) in [6.45, 7) is 2.04. The van der Waals surface area contributed by atoms with Crippen LogP contribution in [0.4, 0.5) is 0 Å². The fraction of sp³-hybridized carbons (Fsp3) is 0.286. The Morgan fingerprint density at radius 2 is 2.11 bits per heavy atom. The monoisotopic (exact) mass is 244 g/mol. The molecule has 4 heteroatoms. The Labute approximate surface area is 106 Å². The summed E-state index contributed by atoms with van der Waals surface area (Å²) in [6.07, 6.45) is 2.48. The highest BCUT2D eigenvalue weighted by molar-refractivity contribution is 5.67. The van der Waals surface area contributed by atoms with Gasteiger partial charge in [-0.2, -0.15) is 0 Å². The van der Waals surface area contributed by atoms with Crippen LogP contribution in [0.3, 0.4) is 0 Å². The van der Waals surface area contributed by atoms with Crippen molar-refractivity contribution in [2.24, 2.45) is 7.05 Å². The van der Waals surface area contributed by atoms with E-state index < -0.39 is 5.97 Å². The Morgan fingerprint density at radius 3 is 2.78 bits per heavy atom. The van der Waals surface area contributed by atoms with E-state index in [1.165, 1.54) is 0 Å². The zero-order valence-electron chi connectivity index (χ0n) is 10.6. The normalized spacial score (nSPS) is 10.6. The second kappa shape index (κ2) is 5.04. The van der Waals surface area contributed by atoms with E-state index in [-0.39, 0.29) is 6.42 Å². The van der Waals surface area contributed by atoms with Crippen molar-refractivity contribution in [3.63, 3.8) is 0 Å². The molecule has 2 rings (SSSR count). The van der Waals surface area contributed by atoms with Crippen molar-refractivity contribution in [2.75, 3.05) is 0 Å². The average molecular weight is 244 g/mol. The number of carbonyl (C=O) groups is 1. The molecule has 1 aromatic heterocycles. The van der Waals surface area contributed by atoms with Crippen LogP contribution in [-0.2, 0) is 18.3 Å². The maximum Gasteiger partial charge on any atom is 0.303 e. The summed E-state index contributed by atoms with van der Waals surface area (Å²) in [7, 11) is 1.93. The van der Waals surface area contributed by atoms with Crippen LogP contribution < -0.4 is 0 Å². The first-order valence-electron chi connectivity index (χ1n) is 5.88. The molecule has 0 aliphatic heterocycles. The van der Waals surface area contributed by atoms with Gasteiger partial charge in [-0.05, 0) is 12.5 Å². The minimum atomic E-state index is -0.793. The topological polar surface area (TPSA) is 55.1 Å². The first kappa shape index (κ1) is 12.4. The lowest BCUT2D eigenvalue weighted by Gasteiger charge is -2.04. The van der Waals surface area contributed by atoms with Crippen molar-refractivity contribution in [2.45, 2.75) is 19.8 Å². The molecule has 0 saturated carbocycles. The van der Waals surface area contributed by atoms with Gasteiger partial charge < -0.3 is 9.67 Å². The number of nitrogens with zero attached hydrogens (tertiary/aromatic N) is 2. The van der Waals surface area contributed by atoms with Gasteiger partial charge in [-0.3, -0.25) is 4.79 Å². The lowest BCUT2D eigenvalue weighted by molar-refractivity contribution is -0.136. The molecule has 1 aromatic carbocycles. The predicted molar refractivity (Wildman–Crippen MR) is 69.3 cm³/mol. The van der Waals surface area contributed by atoms with Crippen LogP contribution in [0.2, 0.25) is 0 Å². The minimum Gasteiger partial charge on any atom is -0.481 e. The van der Waals surface area contributed by atoms with Crippen molar-refractivity contribution >= 4 is 5.97 Å². The number of rotatable bonds is 4. The fourth-order valence-corrected chi connectivity index (χ4v) is 1.96. The number of aryl methyl sites for hydroxylation is 3. The van der Waals surface area contributed by atoms with E-state index in [1.807, 2.05) is 49.0 Å². The Balaban J connectivity index is 2.30. The SMILES string of the molecule is Cc1ccccc1-c1nc(CCC(=O)O)cn1C. The molecule has 1 heterocycles. The van der Waals surface area contributed by atoms with Gasteiger partial charge >= 0.3 is 5.97 Å². The minimum absolute atomic E-state index is 0.115. The summed E-state index contributed by atoms with van der Waals surface area (Å²) in [5, 5.41) is 8.68. The number of carboxylic acids is 1. The van der Waals surface area contributed by atoms with E-state index in [0.717, 1.165) is 22.6 Å². The molecule has 0 radical (unpaired) electrons. The first-order valence-corrected chi connectivity index (χ1v) is 5.88. The lowest BCUT2D eigenvalue weighted by Crippen LogP contribution is -1.97. The van der Waals surface area contributed by atoms with Gasteiger partial charge in [-0.25, -0.2) is 4.98 Å². The third-order valence-electron chi connectivity index (χ3n) is 2.91. The van der Waals surface area contributed by atoms with Gasteiger partial charge in [-0.1, -0.05) is 24.3 Å². The van der Waals surface area contributed by atoms with Crippen molar-refractivity contribution in [3.05, 3.63) is 41.7 Å². The third-order valence-corrected chi connectivity index (χ3v) is 2.91. The standard InChI is InChI=1S/C14H16N2O2/c1-10-5-3-4-6-12(10)14-15-11(9-16(14)2)7-8-13(17)18/h3-6,9H,7-8H2,1-2H3,(H,17,18). The Hall–Kier alpha value is -2.10. The zero-order chi connectivity index (χ0) is 13.1. The smallest absolute Gasteiger partial charge is 0.303 e. The average Bonchev–Trinajstić information content (AvgIpc) is 2.69. The van der Waals surface area contributed by atoms with Gasteiger partial charge in [0.1, 0.15) is 5.82 Å². The summed E-state index contributed by atoms with van der Waals surface area (Å²) >= 11 is 0. The van der Waals surface area contributed by atoms with Crippen LogP contribution in [0.1, 0.15) is 17.7 Å². The van der Waals surface area contributed by atoms with Gasteiger partial charge in [0.25, 0.3) is 0 Å². The molecule has 0 spiro atoms. The molecule has 0 bridgehead atoms. The molecule has 4 nitrogen and oxygen atoms in total. The zero-order valence-corrected chi connectivity index (χ0v) is 10.6. The van der Waals surface area contributed by atoms with Crippen LogP contribution in [0, 0.1) is 6.92 Å². The van der Waals surface area contributed by atoms with E-state index >= 15 is 0 Å². The highest BCUT2D eigenvalue weighted by atomic mass is 16.4. The van der Waals surface area contributed by atoms with Crippen LogP contribution in [0.15, 0.2) is 30.5 Å². The maximum atomic E-state index is 10.6. The largest absolute Gasteiger partial charge is 0.481 e. The molecule has 0 atom stereocenters. The molecule has 0 unspecified atom stereocenters. The van der Waals surface area contributed by atoms with Gasteiger partial charge in [0, 0.05) is 25.2 Å². The number of aliphatic carboxylic acids is 1. The molecule has 0 amide bonds. The van der Waals surface area contributed by atoms with Crippen LogP contribution >= 0.6 is 0 Å². The molecule has 1 N–H and O–H groups in total. The van der Waals surface area contributed by atoms with E-state index in [9.17, 15) is 4.79 Å². The van der Waals surface area contributed by atoms with Gasteiger partial charge in [0.05, 0.1) is 12.1 Å². The van der Waals surface area contributed by atoms with E-state index in [1.54, 1.807) is 0 Å². The van der Waals surface area contributed by atoms with Gasteiger partial charge in [0.2, 0.25) is 0 Å². The molecular weight excluding hydrogens is 228 g/mol. The number of hydrogen-bond acceptors (Lipinski definition) is 2. The van der Waals surface area contributed by atoms with Crippen molar-refractivity contribution in [3.8, 4) is 11.4 Å². The Morgan fingerprint density at radius 1 is 1.39 bits per heavy atom. The number of hydrogen-bond donors (Lipinski definition) is 1. The van der Waals surface area contributed by atoms with Crippen LogP contribution in [-0.4, -0.2) is 20.6 Å². The number of imidazole rings is 1. The number of aromatic nitrogens is 2. The summed E-state index contributed by atoms with van der Waals surface area (Å²) in [4.78, 5) is 15.1. The Bertz CT molecular complexity index is 573. The van der Waals surface area contributed by atoms with Gasteiger partial charge in [-0.15, -0.1) is 0 Å². The van der Waals surface area contributed by atoms with Crippen LogP contribution in [0.25, 0.3) is 11.4 Å². The highest BCUT2D eigenvalue weighted by Crippen LogP contribution is 2.22. The predicted octanol–water partition coefficient (Wildman–Crippen LogP) is 2.41. The number of benzene rings is 1. The molecular formula is C14H16N2O2. The third kappa shape index (κ3) is 2.59. The molecule has 18 heavy (non-hydrogen) atoms. The quantitative estimate of drug-likeness (QED) is 0.898. The Kier molecular flexibility index (Phi) is 3.46. The molecule has 0 aliphatic carbocycles. The van der Waals surface area contributed by atoms with Crippen molar-refractivity contribution < 1.29 is 9.90 Å². The number of carboxylic acid groups (broad SMARTS) is 1. The molecule has 0 aliphatic rings. The second-order valence-electron chi connectivity index (χ2n) is 4.38. The van der Waals surface area contributed by atoms with Gasteiger partial charge in [0.15, 0.2) is 0 Å². The lowest BCUT2D eigenvalue weighted by atomic mass is 10.1.